The molecule has 0 radical (unpaired) electrons. The highest BCUT2D eigenvalue weighted by atomic mass is 16.3. The van der Waals surface area contributed by atoms with Crippen molar-refractivity contribution >= 4 is 5.91 Å². The Labute approximate surface area is 223 Å². The topological polar surface area (TPSA) is 64.0 Å². The van der Waals surface area contributed by atoms with Crippen LogP contribution in [0, 0.1) is 11.8 Å². The van der Waals surface area contributed by atoms with E-state index in [9.17, 15) is 15.0 Å². The van der Waals surface area contributed by atoms with Crippen molar-refractivity contribution in [2.24, 2.45) is 11.8 Å². The van der Waals surface area contributed by atoms with E-state index in [0.717, 1.165) is 63.7 Å². The maximum absolute atomic E-state index is 13.6. The molecular formula is C32H46N2O3. The average molecular weight is 507 g/mol. The number of nitrogens with zero attached hydrogens (tertiary/aromatic N) is 2. The lowest BCUT2D eigenvalue weighted by molar-refractivity contribution is -0.139. The van der Waals surface area contributed by atoms with Gasteiger partial charge in [0.05, 0.1) is 6.10 Å². The summed E-state index contributed by atoms with van der Waals surface area (Å²) in [6.07, 6.45) is 6.60. The number of phenols is 1. The molecule has 0 spiro atoms. The van der Waals surface area contributed by atoms with Crippen LogP contribution in [-0.4, -0.2) is 64.7 Å². The molecule has 1 amide bonds. The highest BCUT2D eigenvalue weighted by Crippen LogP contribution is 2.50. The molecule has 4 rings (SSSR count). The Bertz CT molecular complexity index is 1010. The van der Waals surface area contributed by atoms with Crippen LogP contribution in [0.2, 0.25) is 0 Å². The number of phenolic OH excluding ortho intramolecular Hbond substituents is 1. The third kappa shape index (κ3) is 6.74. The minimum Gasteiger partial charge on any atom is -0.508 e. The fraction of sp³-hybridized carbons (Fsp3) is 0.594. The molecule has 1 heterocycles. The van der Waals surface area contributed by atoms with E-state index in [0.29, 0.717) is 18.8 Å². The number of benzene rings is 2. The molecule has 5 heteroatoms. The van der Waals surface area contributed by atoms with E-state index in [2.05, 4.69) is 61.0 Å². The molecular weight excluding hydrogens is 460 g/mol. The Hall–Kier alpha value is -2.37. The molecule has 2 N–H and O–H groups in total. The first-order valence-electron chi connectivity index (χ1n) is 14.3. The lowest BCUT2D eigenvalue weighted by Gasteiger charge is -2.56. The molecule has 5 nitrogen and oxygen atoms in total. The number of aliphatic hydroxyl groups is 1. The SMILES string of the molecule is CC(C)CN(C(=O)CCCCCc1ccccc1)[C@H]1CC(O)[C@@H]2CN(C)CC[C@@]2(c2cccc(O)c2)C1. The Morgan fingerprint density at radius 3 is 2.62 bits per heavy atom. The monoisotopic (exact) mass is 506 g/mol. The zero-order chi connectivity index (χ0) is 26.4. The van der Waals surface area contributed by atoms with Crippen molar-refractivity contribution in [3.05, 3.63) is 65.7 Å². The molecule has 1 aliphatic heterocycles. The maximum Gasteiger partial charge on any atom is 0.222 e. The summed E-state index contributed by atoms with van der Waals surface area (Å²) in [4.78, 5) is 18.0. The fourth-order valence-corrected chi connectivity index (χ4v) is 6.82. The van der Waals surface area contributed by atoms with Crippen LogP contribution < -0.4 is 0 Å². The van der Waals surface area contributed by atoms with Crippen molar-refractivity contribution in [2.45, 2.75) is 82.8 Å². The number of likely N-dealkylation sites (tertiary alicyclic amines) is 1. The number of hydrogen-bond acceptors (Lipinski definition) is 4. The van der Waals surface area contributed by atoms with E-state index in [1.165, 1.54) is 5.56 Å². The molecule has 1 saturated carbocycles. The standard InChI is InChI=1S/C32H46N2O3/c1-24(2)22-34(31(37)16-9-5-8-13-25-11-6-4-7-12-25)27-20-30(36)29-23-33(3)18-17-32(29,21-27)26-14-10-15-28(35)19-26/h4,6-7,10-12,14-15,19,24,27,29-30,35-36H,5,8-9,13,16-18,20-23H2,1-3H3/t27-,29-,30?,32-/m0/s1. The quantitative estimate of drug-likeness (QED) is 0.424. The minimum absolute atomic E-state index is 0.0104. The maximum atomic E-state index is 13.6. The van der Waals surface area contributed by atoms with Gasteiger partial charge in [-0.2, -0.15) is 0 Å². The van der Waals surface area contributed by atoms with Gasteiger partial charge >= 0.3 is 0 Å². The number of amides is 1. The number of unbranched alkanes of at least 4 members (excludes halogenated alkanes) is 2. The molecule has 2 aromatic rings. The molecule has 0 bridgehead atoms. The van der Waals surface area contributed by atoms with Crippen molar-refractivity contribution in [3.8, 4) is 5.75 Å². The summed E-state index contributed by atoms with van der Waals surface area (Å²) in [7, 11) is 2.12. The molecule has 2 aliphatic rings. The molecule has 1 aliphatic carbocycles. The highest BCUT2D eigenvalue weighted by molar-refractivity contribution is 5.76. The number of aryl methyl sites for hydroxylation is 1. The van der Waals surface area contributed by atoms with Crippen LogP contribution in [-0.2, 0) is 16.6 Å². The van der Waals surface area contributed by atoms with Gasteiger partial charge in [-0.15, -0.1) is 0 Å². The number of fused-ring (bicyclic) bond motifs is 1. The number of rotatable bonds is 10. The largest absolute Gasteiger partial charge is 0.508 e. The molecule has 2 aromatic carbocycles. The highest BCUT2D eigenvalue weighted by Gasteiger charge is 2.52. The second-order valence-corrected chi connectivity index (χ2v) is 12.0. The van der Waals surface area contributed by atoms with Gasteiger partial charge in [-0.3, -0.25) is 4.79 Å². The summed E-state index contributed by atoms with van der Waals surface area (Å²) < 4.78 is 0. The van der Waals surface area contributed by atoms with Gasteiger partial charge in [-0.1, -0.05) is 62.7 Å². The summed E-state index contributed by atoms with van der Waals surface area (Å²) in [6.45, 7) is 6.85. The van der Waals surface area contributed by atoms with Crippen LogP contribution in [0.3, 0.4) is 0 Å². The number of aliphatic hydroxyl groups excluding tert-OH is 1. The van der Waals surface area contributed by atoms with E-state index in [1.807, 2.05) is 18.2 Å². The summed E-state index contributed by atoms with van der Waals surface area (Å²) in [6, 6.07) is 18.2. The van der Waals surface area contributed by atoms with Crippen molar-refractivity contribution < 1.29 is 15.0 Å². The lowest BCUT2D eigenvalue weighted by atomic mass is 9.56. The van der Waals surface area contributed by atoms with Crippen LogP contribution in [0.15, 0.2) is 54.6 Å². The molecule has 1 unspecified atom stereocenters. The molecule has 2 fully saturated rings. The second-order valence-electron chi connectivity index (χ2n) is 12.0. The summed E-state index contributed by atoms with van der Waals surface area (Å²) in [5, 5.41) is 21.8. The van der Waals surface area contributed by atoms with Gasteiger partial charge in [0.1, 0.15) is 5.75 Å². The zero-order valence-corrected chi connectivity index (χ0v) is 23.0. The van der Waals surface area contributed by atoms with Gasteiger partial charge in [-0.05, 0) is 81.3 Å². The van der Waals surface area contributed by atoms with Crippen LogP contribution in [0.25, 0.3) is 0 Å². The van der Waals surface area contributed by atoms with E-state index in [1.54, 1.807) is 6.07 Å². The van der Waals surface area contributed by atoms with E-state index < -0.39 is 6.10 Å². The third-order valence-electron chi connectivity index (χ3n) is 8.68. The molecule has 37 heavy (non-hydrogen) atoms. The van der Waals surface area contributed by atoms with E-state index in [4.69, 9.17) is 0 Å². The fourth-order valence-electron chi connectivity index (χ4n) is 6.82. The van der Waals surface area contributed by atoms with Gasteiger partial charge in [0, 0.05) is 36.9 Å². The van der Waals surface area contributed by atoms with Crippen molar-refractivity contribution in [1.29, 1.82) is 0 Å². The Morgan fingerprint density at radius 2 is 1.89 bits per heavy atom. The second kappa shape index (κ2) is 12.4. The van der Waals surface area contributed by atoms with Gasteiger partial charge in [0.2, 0.25) is 5.91 Å². The predicted octanol–water partition coefficient (Wildman–Crippen LogP) is 5.39. The lowest BCUT2D eigenvalue weighted by Crippen LogP contribution is -2.61. The van der Waals surface area contributed by atoms with Crippen LogP contribution in [0.4, 0.5) is 0 Å². The van der Waals surface area contributed by atoms with Crippen LogP contribution >= 0.6 is 0 Å². The number of hydrogen-bond donors (Lipinski definition) is 2. The van der Waals surface area contributed by atoms with Crippen LogP contribution in [0.1, 0.15) is 69.9 Å². The third-order valence-corrected chi connectivity index (χ3v) is 8.68. The average Bonchev–Trinajstić information content (AvgIpc) is 2.88. The summed E-state index contributed by atoms with van der Waals surface area (Å²) in [5.74, 6) is 0.958. The smallest absolute Gasteiger partial charge is 0.222 e. The molecule has 0 aromatic heterocycles. The Balaban J connectivity index is 1.47. The number of piperidine rings is 1. The molecule has 202 valence electrons. The number of carbonyl (C=O) groups is 1. The van der Waals surface area contributed by atoms with Crippen molar-refractivity contribution in [2.75, 3.05) is 26.7 Å². The molecule has 4 atom stereocenters. The first-order chi connectivity index (χ1) is 17.8. The Morgan fingerprint density at radius 1 is 1.11 bits per heavy atom. The first kappa shape index (κ1) is 27.7. The summed E-state index contributed by atoms with van der Waals surface area (Å²) in [5.41, 5.74) is 2.22. The van der Waals surface area contributed by atoms with Crippen molar-refractivity contribution in [1.82, 2.24) is 9.80 Å². The van der Waals surface area contributed by atoms with Gasteiger partial charge in [0.15, 0.2) is 0 Å². The van der Waals surface area contributed by atoms with Gasteiger partial charge in [0.25, 0.3) is 0 Å². The predicted molar refractivity (Wildman–Crippen MR) is 150 cm³/mol. The van der Waals surface area contributed by atoms with E-state index in [-0.39, 0.29) is 29.0 Å². The number of aromatic hydroxyl groups is 1. The summed E-state index contributed by atoms with van der Waals surface area (Å²) >= 11 is 0. The number of carbonyl (C=O) groups excluding carboxylic acids is 1. The minimum atomic E-state index is -0.475. The van der Waals surface area contributed by atoms with E-state index >= 15 is 0 Å². The normalized spacial score (nSPS) is 26.1. The van der Waals surface area contributed by atoms with Gasteiger partial charge < -0.3 is 20.0 Å². The molecule has 1 saturated heterocycles. The van der Waals surface area contributed by atoms with Crippen molar-refractivity contribution in [3.63, 3.8) is 0 Å². The zero-order valence-electron chi connectivity index (χ0n) is 23.0. The Kier molecular flexibility index (Phi) is 9.31. The van der Waals surface area contributed by atoms with Gasteiger partial charge in [-0.25, -0.2) is 0 Å². The van der Waals surface area contributed by atoms with Crippen LogP contribution in [0.5, 0.6) is 5.75 Å². The first-order valence-corrected chi connectivity index (χ1v) is 14.3.